The van der Waals surface area contributed by atoms with Crippen LogP contribution in [0.4, 0.5) is 13.2 Å². The van der Waals surface area contributed by atoms with Gasteiger partial charge in [-0.1, -0.05) is 18.2 Å². The minimum atomic E-state index is -4.12. The summed E-state index contributed by atoms with van der Waals surface area (Å²) in [7, 11) is 3.29. The predicted molar refractivity (Wildman–Crippen MR) is 104 cm³/mol. The molecule has 0 fully saturated rings. The molecule has 1 aromatic carbocycles. The van der Waals surface area contributed by atoms with Gasteiger partial charge in [-0.2, -0.15) is 13.2 Å². The number of benzene rings is 1. The number of thioether (sulfide) groups is 1. The quantitative estimate of drug-likeness (QED) is 0.272. The van der Waals surface area contributed by atoms with Crippen molar-refractivity contribution in [2.75, 3.05) is 39.5 Å². The van der Waals surface area contributed by atoms with Crippen molar-refractivity contribution in [3.63, 3.8) is 0 Å². The second kappa shape index (κ2) is 12.5. The summed E-state index contributed by atoms with van der Waals surface area (Å²) in [6, 6.07) is 9.94. The minimum absolute atomic E-state index is 0.0172. The molecule has 9 heteroatoms. The third-order valence-electron chi connectivity index (χ3n) is 3.46. The summed E-state index contributed by atoms with van der Waals surface area (Å²) < 4.78 is 36.5. The van der Waals surface area contributed by atoms with Gasteiger partial charge in [0.15, 0.2) is 5.96 Å². The van der Waals surface area contributed by atoms with Gasteiger partial charge in [-0.05, 0) is 25.0 Å². The molecule has 1 rings (SSSR count). The normalized spacial score (nSPS) is 12.0. The first-order chi connectivity index (χ1) is 12.8. The molecule has 0 heterocycles. The molecule has 0 aromatic heterocycles. The topological polar surface area (TPSA) is 56.7 Å². The first-order valence-electron chi connectivity index (χ1n) is 8.75. The van der Waals surface area contributed by atoms with Gasteiger partial charge in [0.25, 0.3) is 0 Å². The zero-order chi connectivity index (χ0) is 20.1. The standard InChI is InChI=1S/C18H27F3N4OS/c1-25(2)16(26)14-24-17(22-11-7-6-10-18(19,20)21)23-12-13-27-15-8-4-3-5-9-15/h3-5,8-9H,6-7,10-14H2,1-2H3,(H2,22,23,24). The van der Waals surface area contributed by atoms with Crippen molar-refractivity contribution in [2.24, 2.45) is 4.99 Å². The van der Waals surface area contributed by atoms with Crippen LogP contribution in [0.5, 0.6) is 0 Å². The highest BCUT2D eigenvalue weighted by Gasteiger charge is 2.25. The molecule has 0 spiro atoms. The molecule has 2 N–H and O–H groups in total. The summed E-state index contributed by atoms with van der Waals surface area (Å²) in [6.07, 6.45) is -4.48. The van der Waals surface area contributed by atoms with Gasteiger partial charge >= 0.3 is 6.18 Å². The van der Waals surface area contributed by atoms with Crippen molar-refractivity contribution in [3.8, 4) is 0 Å². The molecular weight excluding hydrogens is 377 g/mol. The molecule has 0 saturated heterocycles. The lowest BCUT2D eigenvalue weighted by molar-refractivity contribution is -0.135. The molecule has 0 unspecified atom stereocenters. The highest BCUT2D eigenvalue weighted by atomic mass is 32.2. The fourth-order valence-corrected chi connectivity index (χ4v) is 2.76. The van der Waals surface area contributed by atoms with Gasteiger partial charge in [-0.25, -0.2) is 4.99 Å². The lowest BCUT2D eigenvalue weighted by atomic mass is 10.2. The van der Waals surface area contributed by atoms with Crippen molar-refractivity contribution in [2.45, 2.75) is 30.3 Å². The van der Waals surface area contributed by atoms with Gasteiger partial charge in [0.2, 0.25) is 5.91 Å². The third kappa shape index (κ3) is 12.2. The molecule has 0 aliphatic carbocycles. The van der Waals surface area contributed by atoms with Crippen molar-refractivity contribution in [1.29, 1.82) is 0 Å². The summed E-state index contributed by atoms with van der Waals surface area (Å²) in [5.74, 6) is 1.08. The number of hydrogen-bond acceptors (Lipinski definition) is 3. The van der Waals surface area contributed by atoms with E-state index in [1.165, 1.54) is 4.90 Å². The van der Waals surface area contributed by atoms with Crippen LogP contribution in [0.2, 0.25) is 0 Å². The smallest absolute Gasteiger partial charge is 0.356 e. The first-order valence-corrected chi connectivity index (χ1v) is 9.73. The Morgan fingerprint density at radius 3 is 2.41 bits per heavy atom. The summed E-state index contributed by atoms with van der Waals surface area (Å²) in [4.78, 5) is 18.5. The largest absolute Gasteiger partial charge is 0.389 e. The van der Waals surface area contributed by atoms with E-state index in [2.05, 4.69) is 15.6 Å². The Hall–Kier alpha value is -1.90. The number of carbonyl (C=O) groups is 1. The molecule has 0 saturated carbocycles. The van der Waals surface area contributed by atoms with Crippen LogP contribution in [0.3, 0.4) is 0 Å². The average molecular weight is 405 g/mol. The van der Waals surface area contributed by atoms with E-state index < -0.39 is 12.6 Å². The molecular formula is C18H27F3N4OS. The molecule has 5 nitrogen and oxygen atoms in total. The van der Waals surface area contributed by atoms with Gasteiger partial charge in [-0.15, -0.1) is 11.8 Å². The maximum absolute atomic E-state index is 12.2. The molecule has 1 aromatic rings. The van der Waals surface area contributed by atoms with E-state index in [9.17, 15) is 18.0 Å². The number of halogens is 3. The number of nitrogens with one attached hydrogen (secondary N) is 2. The zero-order valence-corrected chi connectivity index (χ0v) is 16.5. The number of likely N-dealkylation sites (N-methyl/N-ethyl adjacent to an activating group) is 1. The van der Waals surface area contributed by atoms with E-state index in [0.717, 1.165) is 10.6 Å². The highest BCUT2D eigenvalue weighted by Crippen LogP contribution is 2.21. The number of unbranched alkanes of at least 4 members (excludes halogenated alkanes) is 1. The van der Waals surface area contributed by atoms with Gasteiger partial charge in [0.05, 0.1) is 0 Å². The Morgan fingerprint density at radius 2 is 1.78 bits per heavy atom. The van der Waals surface area contributed by atoms with E-state index in [1.54, 1.807) is 25.9 Å². The minimum Gasteiger partial charge on any atom is -0.356 e. The fourth-order valence-electron chi connectivity index (χ4n) is 1.97. The molecule has 0 aliphatic rings. The lowest BCUT2D eigenvalue weighted by Gasteiger charge is -2.14. The number of aliphatic imine (C=N–C) groups is 1. The Kier molecular flexibility index (Phi) is 10.7. The second-order valence-corrected chi connectivity index (χ2v) is 7.21. The van der Waals surface area contributed by atoms with Crippen LogP contribution in [-0.4, -0.2) is 62.4 Å². The zero-order valence-electron chi connectivity index (χ0n) is 15.7. The molecule has 0 aliphatic heterocycles. The van der Waals surface area contributed by atoms with Gasteiger partial charge < -0.3 is 15.5 Å². The number of carbonyl (C=O) groups excluding carboxylic acids is 1. The van der Waals surface area contributed by atoms with Crippen LogP contribution < -0.4 is 10.6 Å². The number of hydrogen-bond donors (Lipinski definition) is 2. The monoisotopic (exact) mass is 404 g/mol. The van der Waals surface area contributed by atoms with E-state index in [-0.39, 0.29) is 18.9 Å². The van der Waals surface area contributed by atoms with Crippen LogP contribution in [-0.2, 0) is 4.79 Å². The summed E-state index contributed by atoms with van der Waals surface area (Å²) in [6.45, 7) is 0.963. The van der Waals surface area contributed by atoms with Crippen molar-refractivity contribution < 1.29 is 18.0 Å². The number of guanidine groups is 1. The summed E-state index contributed by atoms with van der Waals surface area (Å²) >= 11 is 1.68. The van der Waals surface area contributed by atoms with Crippen molar-refractivity contribution >= 4 is 23.6 Å². The van der Waals surface area contributed by atoms with E-state index in [4.69, 9.17) is 0 Å². The first kappa shape index (κ1) is 23.1. The van der Waals surface area contributed by atoms with Crippen LogP contribution in [0.15, 0.2) is 40.2 Å². The Morgan fingerprint density at radius 1 is 1.11 bits per heavy atom. The highest BCUT2D eigenvalue weighted by molar-refractivity contribution is 7.99. The second-order valence-electron chi connectivity index (χ2n) is 6.04. The number of amides is 1. The van der Waals surface area contributed by atoms with E-state index in [1.807, 2.05) is 30.3 Å². The third-order valence-corrected chi connectivity index (χ3v) is 4.47. The molecule has 0 atom stereocenters. The maximum Gasteiger partial charge on any atom is 0.389 e. The average Bonchev–Trinajstić information content (AvgIpc) is 2.61. The van der Waals surface area contributed by atoms with Crippen LogP contribution in [0.25, 0.3) is 0 Å². The molecule has 0 radical (unpaired) electrons. The van der Waals surface area contributed by atoms with Gasteiger partial charge in [0, 0.05) is 44.3 Å². The van der Waals surface area contributed by atoms with E-state index >= 15 is 0 Å². The Bertz CT molecular complexity index is 580. The fraction of sp³-hybridized carbons (Fsp3) is 0.556. The number of nitrogens with zero attached hydrogens (tertiary/aromatic N) is 2. The van der Waals surface area contributed by atoms with Crippen LogP contribution in [0, 0.1) is 0 Å². The molecule has 27 heavy (non-hydrogen) atoms. The molecule has 0 bridgehead atoms. The predicted octanol–water partition coefficient (Wildman–Crippen LogP) is 3.13. The Balaban J connectivity index is 2.40. The number of alkyl halides is 3. The van der Waals surface area contributed by atoms with Gasteiger partial charge in [0.1, 0.15) is 6.54 Å². The van der Waals surface area contributed by atoms with Gasteiger partial charge in [-0.3, -0.25) is 4.79 Å². The van der Waals surface area contributed by atoms with Crippen molar-refractivity contribution in [1.82, 2.24) is 15.5 Å². The summed E-state index contributed by atoms with van der Waals surface area (Å²) in [5.41, 5.74) is 0. The Labute approximate surface area is 162 Å². The lowest BCUT2D eigenvalue weighted by Crippen LogP contribution is -2.40. The maximum atomic E-state index is 12.2. The van der Waals surface area contributed by atoms with Crippen molar-refractivity contribution in [3.05, 3.63) is 30.3 Å². The molecule has 152 valence electrons. The van der Waals surface area contributed by atoms with E-state index in [0.29, 0.717) is 25.5 Å². The SMILES string of the molecule is CN(C)C(=O)CN=C(NCCCCC(F)(F)F)NCCSc1ccccc1. The van der Waals surface area contributed by atoms with Crippen LogP contribution in [0.1, 0.15) is 19.3 Å². The molecule has 1 amide bonds. The summed E-state index contributed by atoms with van der Waals surface area (Å²) in [5, 5.41) is 6.11. The number of rotatable bonds is 10. The van der Waals surface area contributed by atoms with Crippen LogP contribution >= 0.6 is 11.8 Å².